The summed E-state index contributed by atoms with van der Waals surface area (Å²) in [5.74, 6) is -0.136. The molecular formula is C18H21N3O2S. The van der Waals surface area contributed by atoms with Crippen molar-refractivity contribution in [1.82, 2.24) is 9.88 Å². The molecule has 1 saturated heterocycles. The second-order valence-corrected chi connectivity index (χ2v) is 7.09. The van der Waals surface area contributed by atoms with Gasteiger partial charge in [-0.3, -0.25) is 9.59 Å². The lowest BCUT2D eigenvalue weighted by Gasteiger charge is -2.32. The van der Waals surface area contributed by atoms with Gasteiger partial charge < -0.3 is 10.6 Å². The van der Waals surface area contributed by atoms with E-state index in [1.165, 1.54) is 0 Å². The Labute approximate surface area is 145 Å². The lowest BCUT2D eigenvalue weighted by Crippen LogP contribution is -2.40. The van der Waals surface area contributed by atoms with E-state index in [2.05, 4.69) is 10.4 Å². The zero-order valence-electron chi connectivity index (χ0n) is 13.7. The number of primary amides is 1. The van der Waals surface area contributed by atoms with E-state index >= 15 is 0 Å². The summed E-state index contributed by atoms with van der Waals surface area (Å²) >= 11 is 1.67. The van der Waals surface area contributed by atoms with Gasteiger partial charge in [0.15, 0.2) is 0 Å². The third-order valence-corrected chi connectivity index (χ3v) is 5.51. The van der Waals surface area contributed by atoms with Crippen LogP contribution in [0.25, 0.3) is 0 Å². The van der Waals surface area contributed by atoms with Crippen LogP contribution in [0.1, 0.15) is 45.4 Å². The maximum atomic E-state index is 12.7. The zero-order chi connectivity index (χ0) is 17.1. The lowest BCUT2D eigenvalue weighted by molar-refractivity contribution is -0.131. The van der Waals surface area contributed by atoms with Crippen molar-refractivity contribution in [2.24, 2.45) is 5.73 Å². The van der Waals surface area contributed by atoms with Crippen molar-refractivity contribution < 1.29 is 9.59 Å². The van der Waals surface area contributed by atoms with E-state index in [1.54, 1.807) is 29.5 Å². The van der Waals surface area contributed by atoms with Crippen LogP contribution in [0.15, 0.2) is 29.6 Å². The monoisotopic (exact) mass is 343 g/mol. The fraction of sp³-hybridized carbons (Fsp3) is 0.389. The number of aromatic nitrogens is 1. The van der Waals surface area contributed by atoms with Gasteiger partial charge in [0.25, 0.3) is 0 Å². The van der Waals surface area contributed by atoms with Crippen molar-refractivity contribution in [2.75, 3.05) is 13.1 Å². The maximum Gasteiger partial charge on any atom is 0.248 e. The fourth-order valence-electron chi connectivity index (χ4n) is 3.15. The predicted molar refractivity (Wildman–Crippen MR) is 94.1 cm³/mol. The van der Waals surface area contributed by atoms with Crippen molar-refractivity contribution in [1.29, 1.82) is 0 Å². The van der Waals surface area contributed by atoms with Gasteiger partial charge >= 0.3 is 0 Å². The standard InChI is InChI=1S/C18H21N3O2S/c1-12-11-24-18(20-12)14-6-4-8-21(10-14)16(22)9-13-5-2-3-7-15(13)17(19)23/h2-3,5,7,11,14H,4,6,8-10H2,1H3,(H2,19,23)/t14-/m1/s1. The summed E-state index contributed by atoms with van der Waals surface area (Å²) in [4.78, 5) is 30.7. The normalized spacial score (nSPS) is 17.7. The number of likely N-dealkylation sites (tertiary alicyclic amines) is 1. The van der Waals surface area contributed by atoms with Gasteiger partial charge in [-0.05, 0) is 31.4 Å². The van der Waals surface area contributed by atoms with Gasteiger partial charge in [-0.25, -0.2) is 4.98 Å². The number of piperidine rings is 1. The highest BCUT2D eigenvalue weighted by atomic mass is 32.1. The molecule has 0 bridgehead atoms. The summed E-state index contributed by atoms with van der Waals surface area (Å²) < 4.78 is 0. The van der Waals surface area contributed by atoms with Crippen LogP contribution in [0.2, 0.25) is 0 Å². The SMILES string of the molecule is Cc1csc([C@@H]2CCCN(C(=O)Cc3ccccc3C(N)=O)C2)n1. The van der Waals surface area contributed by atoms with Gasteiger partial charge in [0.2, 0.25) is 11.8 Å². The van der Waals surface area contributed by atoms with Gasteiger partial charge in [0, 0.05) is 35.6 Å². The summed E-state index contributed by atoms with van der Waals surface area (Å²) in [5.41, 5.74) is 7.56. The molecule has 1 fully saturated rings. The molecule has 2 aromatic rings. The van der Waals surface area contributed by atoms with Crippen LogP contribution < -0.4 is 5.73 Å². The van der Waals surface area contributed by atoms with Gasteiger partial charge in [-0.15, -0.1) is 11.3 Å². The number of nitrogens with zero attached hydrogens (tertiary/aromatic N) is 2. The first kappa shape index (κ1) is 16.6. The molecule has 2 heterocycles. The molecule has 1 aromatic heterocycles. The molecule has 1 aliphatic heterocycles. The number of carbonyl (C=O) groups is 2. The number of hydrogen-bond acceptors (Lipinski definition) is 4. The molecule has 5 nitrogen and oxygen atoms in total. The minimum atomic E-state index is -0.492. The lowest BCUT2D eigenvalue weighted by atomic mass is 9.97. The highest BCUT2D eigenvalue weighted by molar-refractivity contribution is 7.09. The molecular weight excluding hydrogens is 322 g/mol. The van der Waals surface area contributed by atoms with Crippen molar-refractivity contribution in [3.8, 4) is 0 Å². The molecule has 6 heteroatoms. The van der Waals surface area contributed by atoms with Gasteiger partial charge in [0.05, 0.1) is 11.4 Å². The Morgan fingerprint density at radius 1 is 1.38 bits per heavy atom. The number of nitrogens with two attached hydrogens (primary N) is 1. The van der Waals surface area contributed by atoms with Crippen LogP contribution in [0.5, 0.6) is 0 Å². The van der Waals surface area contributed by atoms with E-state index in [0.717, 1.165) is 30.1 Å². The Bertz CT molecular complexity index is 756. The van der Waals surface area contributed by atoms with Crippen molar-refractivity contribution in [3.63, 3.8) is 0 Å². The summed E-state index contributed by atoms with van der Waals surface area (Å²) in [6, 6.07) is 7.05. The van der Waals surface area contributed by atoms with Crippen LogP contribution in [0.4, 0.5) is 0 Å². The Kier molecular flexibility index (Phi) is 4.94. The molecule has 0 radical (unpaired) electrons. The summed E-state index contributed by atoms with van der Waals surface area (Å²) in [7, 11) is 0. The molecule has 0 saturated carbocycles. The van der Waals surface area contributed by atoms with Crippen LogP contribution in [0.3, 0.4) is 0 Å². The highest BCUT2D eigenvalue weighted by Gasteiger charge is 2.27. The maximum absolute atomic E-state index is 12.7. The average Bonchev–Trinajstić information content (AvgIpc) is 3.02. The molecule has 1 aliphatic rings. The number of thiazole rings is 1. The Morgan fingerprint density at radius 2 is 2.17 bits per heavy atom. The van der Waals surface area contributed by atoms with Crippen LogP contribution >= 0.6 is 11.3 Å². The minimum absolute atomic E-state index is 0.0432. The summed E-state index contributed by atoms with van der Waals surface area (Å²) in [5, 5.41) is 3.17. The predicted octanol–water partition coefficient (Wildman–Crippen LogP) is 2.50. The molecule has 1 aromatic carbocycles. The summed E-state index contributed by atoms with van der Waals surface area (Å²) in [6.07, 6.45) is 2.25. The van der Waals surface area contributed by atoms with Crippen LogP contribution in [-0.4, -0.2) is 34.8 Å². The van der Waals surface area contributed by atoms with Gasteiger partial charge in [0.1, 0.15) is 0 Å². The van der Waals surface area contributed by atoms with Crippen molar-refractivity contribution >= 4 is 23.2 Å². The fourth-order valence-corrected chi connectivity index (χ4v) is 4.08. The topological polar surface area (TPSA) is 76.3 Å². The molecule has 24 heavy (non-hydrogen) atoms. The molecule has 1 atom stereocenters. The van der Waals surface area contributed by atoms with Crippen molar-refractivity contribution in [3.05, 3.63) is 51.5 Å². The van der Waals surface area contributed by atoms with Gasteiger partial charge in [-0.1, -0.05) is 18.2 Å². The smallest absolute Gasteiger partial charge is 0.248 e. The van der Waals surface area contributed by atoms with E-state index in [0.29, 0.717) is 23.6 Å². The Balaban J connectivity index is 1.70. The molecule has 0 unspecified atom stereocenters. The first-order valence-electron chi connectivity index (χ1n) is 8.12. The third-order valence-electron chi connectivity index (χ3n) is 4.38. The van der Waals surface area contributed by atoms with Gasteiger partial charge in [-0.2, -0.15) is 0 Å². The second kappa shape index (κ2) is 7.13. The largest absolute Gasteiger partial charge is 0.366 e. The van der Waals surface area contributed by atoms with E-state index in [-0.39, 0.29) is 12.3 Å². The molecule has 2 N–H and O–H groups in total. The molecule has 0 aliphatic carbocycles. The zero-order valence-corrected chi connectivity index (χ0v) is 14.5. The van der Waals surface area contributed by atoms with Crippen LogP contribution in [-0.2, 0) is 11.2 Å². The Hall–Kier alpha value is -2.21. The average molecular weight is 343 g/mol. The number of hydrogen-bond donors (Lipinski definition) is 1. The number of benzene rings is 1. The molecule has 2 amide bonds. The third kappa shape index (κ3) is 3.64. The first-order chi connectivity index (χ1) is 11.5. The number of amides is 2. The second-order valence-electron chi connectivity index (χ2n) is 6.20. The minimum Gasteiger partial charge on any atom is -0.366 e. The molecule has 126 valence electrons. The first-order valence-corrected chi connectivity index (χ1v) is 9.00. The molecule has 0 spiro atoms. The van der Waals surface area contributed by atoms with Crippen LogP contribution in [0, 0.1) is 6.92 Å². The van der Waals surface area contributed by atoms with Crippen molar-refractivity contribution in [2.45, 2.75) is 32.1 Å². The number of aryl methyl sites for hydroxylation is 1. The highest BCUT2D eigenvalue weighted by Crippen LogP contribution is 2.29. The van der Waals surface area contributed by atoms with E-state index < -0.39 is 5.91 Å². The molecule has 3 rings (SSSR count). The Morgan fingerprint density at radius 3 is 2.88 bits per heavy atom. The van der Waals surface area contributed by atoms with E-state index in [1.807, 2.05) is 17.9 Å². The number of rotatable bonds is 4. The quantitative estimate of drug-likeness (QED) is 0.926. The van der Waals surface area contributed by atoms with E-state index in [9.17, 15) is 9.59 Å². The van der Waals surface area contributed by atoms with E-state index in [4.69, 9.17) is 5.73 Å². The number of carbonyl (C=O) groups excluding carboxylic acids is 2. The summed E-state index contributed by atoms with van der Waals surface area (Å²) in [6.45, 7) is 3.45.